The molecule has 0 saturated carbocycles. The zero-order valence-electron chi connectivity index (χ0n) is 12.3. The number of hydrogen-bond donors (Lipinski definition) is 1. The van der Waals surface area contributed by atoms with Crippen molar-refractivity contribution >= 4 is 32.2 Å². The molecule has 0 radical (unpaired) electrons. The zero-order chi connectivity index (χ0) is 14.9. The highest BCUT2D eigenvalue weighted by atomic mass is 32.2. The number of aromatic nitrogens is 1. The van der Waals surface area contributed by atoms with Crippen LogP contribution in [-0.2, 0) is 9.84 Å². The number of nitrogens with two attached hydrogens (primary N) is 1. The van der Waals surface area contributed by atoms with Crippen molar-refractivity contribution in [2.45, 2.75) is 51.0 Å². The van der Waals surface area contributed by atoms with Crippen LogP contribution in [0.5, 0.6) is 0 Å². The van der Waals surface area contributed by atoms with E-state index in [1.54, 1.807) is 0 Å². The molecule has 7 heteroatoms. The van der Waals surface area contributed by atoms with Gasteiger partial charge in [-0.15, -0.1) is 0 Å². The molecule has 2 atom stereocenters. The van der Waals surface area contributed by atoms with Crippen molar-refractivity contribution in [1.82, 2.24) is 4.37 Å². The summed E-state index contributed by atoms with van der Waals surface area (Å²) in [5, 5.41) is 0.731. The van der Waals surface area contributed by atoms with E-state index >= 15 is 0 Å². The third-order valence-electron chi connectivity index (χ3n) is 4.08. The predicted molar refractivity (Wildman–Crippen MR) is 84.1 cm³/mol. The molecule has 0 bridgehead atoms. The second-order valence-electron chi connectivity index (χ2n) is 5.57. The fourth-order valence-corrected chi connectivity index (χ4v) is 5.62. The first-order chi connectivity index (χ1) is 9.38. The van der Waals surface area contributed by atoms with E-state index in [2.05, 4.69) is 23.1 Å². The lowest BCUT2D eigenvalue weighted by molar-refractivity contribution is 0.364. The summed E-state index contributed by atoms with van der Waals surface area (Å²) in [6.07, 6.45) is 2.85. The van der Waals surface area contributed by atoms with Crippen molar-refractivity contribution in [1.29, 1.82) is 0 Å². The Morgan fingerprint density at radius 2 is 2.15 bits per heavy atom. The van der Waals surface area contributed by atoms with Gasteiger partial charge in [0.15, 0.2) is 15.7 Å². The Balaban J connectivity index is 2.43. The summed E-state index contributed by atoms with van der Waals surface area (Å²) in [5.41, 5.74) is 5.84. The Morgan fingerprint density at radius 3 is 2.80 bits per heavy atom. The van der Waals surface area contributed by atoms with Crippen molar-refractivity contribution in [2.75, 3.05) is 22.9 Å². The number of anilines is 2. The molecule has 114 valence electrons. The second kappa shape index (κ2) is 5.89. The van der Waals surface area contributed by atoms with Gasteiger partial charge in [0.1, 0.15) is 9.90 Å². The van der Waals surface area contributed by atoms with E-state index in [4.69, 9.17) is 5.73 Å². The molecule has 1 aliphatic heterocycles. The maximum atomic E-state index is 12.4. The van der Waals surface area contributed by atoms with E-state index in [9.17, 15) is 8.42 Å². The SMILES string of the molecule is CCCS(=O)(=O)c1c(N)nsc1N1CCCC(C)C1C. The summed E-state index contributed by atoms with van der Waals surface area (Å²) in [5.74, 6) is 0.832. The highest BCUT2D eigenvalue weighted by Crippen LogP contribution is 2.39. The molecule has 5 nitrogen and oxygen atoms in total. The van der Waals surface area contributed by atoms with Crippen LogP contribution in [0.2, 0.25) is 0 Å². The molecule has 1 aromatic heterocycles. The Morgan fingerprint density at radius 1 is 1.45 bits per heavy atom. The van der Waals surface area contributed by atoms with Crippen LogP contribution in [0.25, 0.3) is 0 Å². The lowest BCUT2D eigenvalue weighted by Gasteiger charge is -2.38. The van der Waals surface area contributed by atoms with Crippen LogP contribution >= 0.6 is 11.5 Å². The highest BCUT2D eigenvalue weighted by molar-refractivity contribution is 7.91. The average molecular weight is 317 g/mol. The summed E-state index contributed by atoms with van der Waals surface area (Å²) in [7, 11) is -3.34. The van der Waals surface area contributed by atoms with Crippen LogP contribution in [-0.4, -0.2) is 31.1 Å². The quantitative estimate of drug-likeness (QED) is 0.923. The Hall–Kier alpha value is -0.820. The average Bonchev–Trinajstić information content (AvgIpc) is 2.75. The molecule has 0 amide bonds. The van der Waals surface area contributed by atoms with E-state index in [1.807, 2.05) is 6.92 Å². The summed E-state index contributed by atoms with van der Waals surface area (Å²) < 4.78 is 28.9. The lowest BCUT2D eigenvalue weighted by atomic mass is 9.92. The molecule has 0 aliphatic carbocycles. The van der Waals surface area contributed by atoms with Gasteiger partial charge >= 0.3 is 0 Å². The minimum absolute atomic E-state index is 0.125. The normalized spacial score (nSPS) is 24.1. The maximum absolute atomic E-state index is 12.4. The predicted octanol–water partition coefficient (Wildman–Crippen LogP) is 2.53. The summed E-state index contributed by atoms with van der Waals surface area (Å²) in [4.78, 5) is 2.43. The zero-order valence-corrected chi connectivity index (χ0v) is 13.9. The van der Waals surface area contributed by atoms with Gasteiger partial charge < -0.3 is 10.6 Å². The van der Waals surface area contributed by atoms with Gasteiger partial charge in [-0.1, -0.05) is 13.8 Å². The van der Waals surface area contributed by atoms with E-state index < -0.39 is 9.84 Å². The number of nitrogen functional groups attached to an aromatic ring is 1. The maximum Gasteiger partial charge on any atom is 0.185 e. The summed E-state index contributed by atoms with van der Waals surface area (Å²) in [6, 6.07) is 0.319. The topological polar surface area (TPSA) is 76.3 Å². The number of hydrogen-bond acceptors (Lipinski definition) is 6. The first-order valence-corrected chi connectivity index (χ1v) is 9.55. The fraction of sp³-hybridized carbons (Fsp3) is 0.769. The Kier molecular flexibility index (Phi) is 4.59. The lowest BCUT2D eigenvalue weighted by Crippen LogP contribution is -2.42. The number of rotatable bonds is 4. The molecule has 1 aromatic rings. The molecule has 1 fully saturated rings. The third kappa shape index (κ3) is 2.79. The Bertz CT molecular complexity index is 568. The van der Waals surface area contributed by atoms with Gasteiger partial charge in [-0.2, -0.15) is 4.37 Å². The van der Waals surface area contributed by atoms with E-state index in [1.165, 1.54) is 18.0 Å². The van der Waals surface area contributed by atoms with Gasteiger partial charge in [-0.05, 0) is 43.6 Å². The van der Waals surface area contributed by atoms with E-state index in [-0.39, 0.29) is 16.5 Å². The third-order valence-corrected chi connectivity index (χ3v) is 7.07. The van der Waals surface area contributed by atoms with Crippen molar-refractivity contribution in [3.63, 3.8) is 0 Å². The smallest absolute Gasteiger partial charge is 0.185 e. The van der Waals surface area contributed by atoms with E-state index in [0.717, 1.165) is 18.0 Å². The number of nitrogens with zero attached hydrogens (tertiary/aromatic N) is 2. The van der Waals surface area contributed by atoms with Gasteiger partial charge in [0.2, 0.25) is 0 Å². The van der Waals surface area contributed by atoms with Crippen LogP contribution in [0.15, 0.2) is 4.90 Å². The molecule has 20 heavy (non-hydrogen) atoms. The van der Waals surface area contributed by atoms with Gasteiger partial charge in [-0.3, -0.25) is 0 Å². The standard InChI is InChI=1S/C13H23N3O2S2/c1-4-8-20(17,18)11-12(14)15-19-13(11)16-7-5-6-9(2)10(16)3/h9-10H,4-8H2,1-3H3,(H2,14,15). The molecule has 2 heterocycles. The van der Waals surface area contributed by atoms with Gasteiger partial charge in [-0.25, -0.2) is 8.42 Å². The first kappa shape index (κ1) is 15.6. The summed E-state index contributed by atoms with van der Waals surface area (Å²) in [6.45, 7) is 7.10. The molecule has 0 spiro atoms. The van der Waals surface area contributed by atoms with Crippen LogP contribution in [0.4, 0.5) is 10.8 Å². The van der Waals surface area contributed by atoms with Crippen molar-refractivity contribution in [3.05, 3.63) is 0 Å². The minimum Gasteiger partial charge on any atom is -0.382 e. The Labute approximate surface area is 125 Å². The molecule has 0 aromatic carbocycles. The van der Waals surface area contributed by atoms with Gasteiger partial charge in [0, 0.05) is 12.6 Å². The largest absolute Gasteiger partial charge is 0.382 e. The van der Waals surface area contributed by atoms with Crippen LogP contribution < -0.4 is 10.6 Å². The van der Waals surface area contributed by atoms with Gasteiger partial charge in [0.25, 0.3) is 0 Å². The molecule has 2 rings (SSSR count). The number of sulfone groups is 1. The first-order valence-electron chi connectivity index (χ1n) is 7.13. The van der Waals surface area contributed by atoms with Crippen LogP contribution in [0.3, 0.4) is 0 Å². The monoisotopic (exact) mass is 317 g/mol. The highest BCUT2D eigenvalue weighted by Gasteiger charge is 2.33. The molecular formula is C13H23N3O2S2. The molecule has 1 saturated heterocycles. The van der Waals surface area contributed by atoms with Crippen molar-refractivity contribution in [2.24, 2.45) is 5.92 Å². The number of piperidine rings is 1. The van der Waals surface area contributed by atoms with E-state index in [0.29, 0.717) is 18.4 Å². The van der Waals surface area contributed by atoms with Crippen LogP contribution in [0, 0.1) is 5.92 Å². The van der Waals surface area contributed by atoms with Gasteiger partial charge in [0.05, 0.1) is 5.75 Å². The van der Waals surface area contributed by atoms with Crippen LogP contribution in [0.1, 0.15) is 40.0 Å². The fourth-order valence-electron chi connectivity index (χ4n) is 2.75. The summed E-state index contributed by atoms with van der Waals surface area (Å²) >= 11 is 1.21. The molecule has 1 aliphatic rings. The molecule has 2 unspecified atom stereocenters. The van der Waals surface area contributed by atoms with Crippen molar-refractivity contribution in [3.8, 4) is 0 Å². The molecular weight excluding hydrogens is 294 g/mol. The molecule has 2 N–H and O–H groups in total. The minimum atomic E-state index is -3.34. The second-order valence-corrected chi connectivity index (χ2v) is 8.37. The van der Waals surface area contributed by atoms with Crippen molar-refractivity contribution < 1.29 is 8.42 Å².